The molecule has 0 spiro atoms. The molecule has 0 aromatic carbocycles. The molecule has 0 N–H and O–H groups in total. The van der Waals surface area contributed by atoms with Crippen molar-refractivity contribution < 1.29 is 17.1 Å². The minimum atomic E-state index is 0. The minimum absolute atomic E-state index is 0. The molecule has 0 aromatic rings. The zero-order valence-corrected chi connectivity index (χ0v) is 10.6. The van der Waals surface area contributed by atoms with Crippen molar-refractivity contribution in [2.24, 2.45) is 0 Å². The molecule has 0 aliphatic heterocycles. The van der Waals surface area contributed by atoms with E-state index < -0.39 is 0 Å². The minimum Gasteiger partial charge on any atom is -0.0810 e. The van der Waals surface area contributed by atoms with Gasteiger partial charge in [0, 0.05) is 17.1 Å². The van der Waals surface area contributed by atoms with Crippen LogP contribution in [0.3, 0.4) is 0 Å². The second-order valence-electron chi connectivity index (χ2n) is 4.04. The maximum Gasteiger partial charge on any atom is 0 e. The van der Waals surface area contributed by atoms with Crippen molar-refractivity contribution in [1.82, 2.24) is 0 Å². The summed E-state index contributed by atoms with van der Waals surface area (Å²) in [6.07, 6.45) is 23.7. The first-order chi connectivity index (χ1) is 7.47. The number of allylic oxidation sites excluding steroid dienone is 10. The van der Waals surface area contributed by atoms with E-state index in [4.69, 9.17) is 0 Å². The third kappa shape index (κ3) is 4.00. The standard InChI is InChI=1S/C10H12.C5H6.Fe/c1-2-6-9(5-1)10-7-3-4-8-10;1-2-4-5-3-1;/h1-2,5,7H,3-4,6,8H2;1-4H,5H2;. The van der Waals surface area contributed by atoms with Crippen molar-refractivity contribution in [3.63, 3.8) is 0 Å². The predicted molar refractivity (Wildman–Crippen MR) is 66.7 cm³/mol. The van der Waals surface area contributed by atoms with Gasteiger partial charge in [-0.1, -0.05) is 48.6 Å². The van der Waals surface area contributed by atoms with Gasteiger partial charge < -0.3 is 0 Å². The molecule has 0 atom stereocenters. The molecule has 16 heavy (non-hydrogen) atoms. The average molecular weight is 254 g/mol. The summed E-state index contributed by atoms with van der Waals surface area (Å²) in [6, 6.07) is 0. The molecule has 0 radical (unpaired) electrons. The van der Waals surface area contributed by atoms with Crippen molar-refractivity contribution in [3.8, 4) is 0 Å². The summed E-state index contributed by atoms with van der Waals surface area (Å²) in [7, 11) is 0. The summed E-state index contributed by atoms with van der Waals surface area (Å²) in [5, 5.41) is 0. The molecule has 0 saturated heterocycles. The fourth-order valence-electron chi connectivity index (χ4n) is 2.04. The first kappa shape index (κ1) is 13.3. The van der Waals surface area contributed by atoms with Gasteiger partial charge in [-0.05, 0) is 43.3 Å². The second-order valence-corrected chi connectivity index (χ2v) is 4.04. The van der Waals surface area contributed by atoms with Crippen LogP contribution in [-0.2, 0) is 17.1 Å². The van der Waals surface area contributed by atoms with Crippen LogP contribution in [0.5, 0.6) is 0 Å². The van der Waals surface area contributed by atoms with Crippen LogP contribution in [0.2, 0.25) is 0 Å². The molecule has 0 heterocycles. The van der Waals surface area contributed by atoms with Crippen molar-refractivity contribution in [2.75, 3.05) is 0 Å². The van der Waals surface area contributed by atoms with E-state index in [0.29, 0.717) is 0 Å². The van der Waals surface area contributed by atoms with E-state index in [1.54, 1.807) is 11.1 Å². The number of hydrogen-bond acceptors (Lipinski definition) is 0. The molecule has 3 aliphatic rings. The molecule has 0 fully saturated rings. The molecular weight excluding hydrogens is 236 g/mol. The molecule has 0 aromatic heterocycles. The van der Waals surface area contributed by atoms with Crippen LogP contribution in [-0.4, -0.2) is 0 Å². The quantitative estimate of drug-likeness (QED) is 0.605. The van der Waals surface area contributed by atoms with Crippen LogP contribution < -0.4 is 0 Å². The van der Waals surface area contributed by atoms with Crippen molar-refractivity contribution >= 4 is 0 Å². The molecule has 0 bridgehead atoms. The fourth-order valence-corrected chi connectivity index (χ4v) is 2.04. The summed E-state index contributed by atoms with van der Waals surface area (Å²) in [5.74, 6) is 0. The fraction of sp³-hybridized carbons (Fsp3) is 0.333. The van der Waals surface area contributed by atoms with Crippen LogP contribution in [0.1, 0.15) is 32.1 Å². The van der Waals surface area contributed by atoms with Gasteiger partial charge in [0.25, 0.3) is 0 Å². The van der Waals surface area contributed by atoms with E-state index in [9.17, 15) is 0 Å². The first-order valence-electron chi connectivity index (χ1n) is 5.83. The summed E-state index contributed by atoms with van der Waals surface area (Å²) >= 11 is 0. The van der Waals surface area contributed by atoms with Crippen molar-refractivity contribution in [1.29, 1.82) is 0 Å². The molecule has 3 rings (SSSR count). The van der Waals surface area contributed by atoms with Crippen LogP contribution in [0.25, 0.3) is 0 Å². The van der Waals surface area contributed by atoms with Gasteiger partial charge >= 0.3 is 0 Å². The molecule has 0 unspecified atom stereocenters. The van der Waals surface area contributed by atoms with Crippen LogP contribution in [0, 0.1) is 0 Å². The topological polar surface area (TPSA) is 0 Å². The van der Waals surface area contributed by atoms with Crippen LogP contribution in [0.4, 0.5) is 0 Å². The Morgan fingerprint density at radius 3 is 2.12 bits per heavy atom. The molecule has 0 amide bonds. The van der Waals surface area contributed by atoms with Gasteiger partial charge in [0.2, 0.25) is 0 Å². The van der Waals surface area contributed by atoms with Gasteiger partial charge in [-0.3, -0.25) is 0 Å². The Labute approximate surface area is 109 Å². The maximum atomic E-state index is 2.39. The maximum absolute atomic E-state index is 2.39. The van der Waals surface area contributed by atoms with Crippen LogP contribution >= 0.6 is 0 Å². The first-order valence-corrected chi connectivity index (χ1v) is 5.83. The molecular formula is C15H18Fe. The summed E-state index contributed by atoms with van der Waals surface area (Å²) < 4.78 is 0. The third-order valence-electron chi connectivity index (χ3n) is 2.88. The molecule has 1 heteroatoms. The van der Waals surface area contributed by atoms with Crippen molar-refractivity contribution in [3.05, 3.63) is 59.8 Å². The van der Waals surface area contributed by atoms with Gasteiger partial charge in [0.1, 0.15) is 0 Å². The Morgan fingerprint density at radius 1 is 0.875 bits per heavy atom. The SMILES string of the molecule is C1=CCC(C2=CCCC2)=C1.C1=CCC=C1.[Fe]. The van der Waals surface area contributed by atoms with Crippen LogP contribution in [0.15, 0.2) is 59.8 Å². The van der Waals surface area contributed by atoms with Gasteiger partial charge in [-0.15, -0.1) is 0 Å². The van der Waals surface area contributed by atoms with E-state index in [2.05, 4.69) is 48.6 Å². The second kappa shape index (κ2) is 7.49. The molecule has 3 aliphatic carbocycles. The Hall–Kier alpha value is -0.781. The van der Waals surface area contributed by atoms with E-state index in [0.717, 1.165) is 6.42 Å². The Balaban J connectivity index is 0.000000183. The van der Waals surface area contributed by atoms with Crippen molar-refractivity contribution in [2.45, 2.75) is 32.1 Å². The largest absolute Gasteiger partial charge is 0.0810 e. The van der Waals surface area contributed by atoms with E-state index in [1.165, 1.54) is 25.7 Å². The summed E-state index contributed by atoms with van der Waals surface area (Å²) in [6.45, 7) is 0. The summed E-state index contributed by atoms with van der Waals surface area (Å²) in [4.78, 5) is 0. The molecule has 86 valence electrons. The van der Waals surface area contributed by atoms with Gasteiger partial charge in [0.05, 0.1) is 0 Å². The van der Waals surface area contributed by atoms with Gasteiger partial charge in [0.15, 0.2) is 0 Å². The normalized spacial score (nSPS) is 20.0. The van der Waals surface area contributed by atoms with Gasteiger partial charge in [-0.2, -0.15) is 0 Å². The van der Waals surface area contributed by atoms with E-state index in [1.807, 2.05) is 0 Å². The Kier molecular flexibility index (Phi) is 6.22. The zero-order chi connectivity index (χ0) is 10.3. The Bertz CT molecular complexity index is 344. The van der Waals surface area contributed by atoms with E-state index >= 15 is 0 Å². The molecule has 0 nitrogen and oxygen atoms in total. The smallest absolute Gasteiger partial charge is 0 e. The monoisotopic (exact) mass is 254 g/mol. The number of hydrogen-bond donors (Lipinski definition) is 0. The van der Waals surface area contributed by atoms with E-state index in [-0.39, 0.29) is 17.1 Å². The zero-order valence-electron chi connectivity index (χ0n) is 9.51. The number of rotatable bonds is 1. The average Bonchev–Trinajstić information content (AvgIpc) is 3.06. The third-order valence-corrected chi connectivity index (χ3v) is 2.88. The predicted octanol–water partition coefficient (Wildman–Crippen LogP) is 4.48. The van der Waals surface area contributed by atoms with Gasteiger partial charge in [-0.25, -0.2) is 0 Å². The summed E-state index contributed by atoms with van der Waals surface area (Å²) in [5.41, 5.74) is 3.16. The molecule has 0 saturated carbocycles. The Morgan fingerprint density at radius 2 is 1.69 bits per heavy atom.